The van der Waals surface area contributed by atoms with Crippen LogP contribution in [0.15, 0.2) is 78.9 Å². The molecule has 2 amide bonds. The Hall–Kier alpha value is -3.80. The van der Waals surface area contributed by atoms with Gasteiger partial charge in [0.2, 0.25) is 11.8 Å². The van der Waals surface area contributed by atoms with E-state index in [1.165, 1.54) is 0 Å². The first-order chi connectivity index (χ1) is 17.6. The van der Waals surface area contributed by atoms with Gasteiger partial charge in [-0.25, -0.2) is 0 Å². The maximum absolute atomic E-state index is 13.8. The Bertz CT molecular complexity index is 1100. The predicted octanol–water partition coefficient (Wildman–Crippen LogP) is 5.32. The van der Waals surface area contributed by atoms with E-state index < -0.39 is 6.04 Å². The van der Waals surface area contributed by atoms with Crippen molar-refractivity contribution in [2.24, 2.45) is 0 Å². The first kappa shape index (κ1) is 26.8. The van der Waals surface area contributed by atoms with Gasteiger partial charge in [-0.05, 0) is 35.2 Å². The summed E-state index contributed by atoms with van der Waals surface area (Å²) in [6, 6.07) is 24.0. The molecule has 0 bridgehead atoms. The number of ether oxygens (including phenoxy) is 2. The fourth-order valence-electron chi connectivity index (χ4n) is 4.16. The van der Waals surface area contributed by atoms with Crippen LogP contribution in [-0.2, 0) is 22.6 Å². The molecule has 0 aliphatic carbocycles. The molecule has 0 fully saturated rings. The minimum atomic E-state index is -0.749. The Morgan fingerprint density at radius 3 is 2.14 bits per heavy atom. The molecule has 190 valence electrons. The lowest BCUT2D eigenvalue weighted by atomic mass is 10.0. The van der Waals surface area contributed by atoms with Crippen molar-refractivity contribution in [3.05, 3.63) is 95.6 Å². The zero-order valence-electron chi connectivity index (χ0n) is 21.4. The number of nitrogens with zero attached hydrogens (tertiary/aromatic N) is 1. The van der Waals surface area contributed by atoms with E-state index in [1.54, 1.807) is 31.3 Å². The average Bonchev–Trinajstić information content (AvgIpc) is 2.91. The molecule has 1 atom stereocenters. The summed E-state index contributed by atoms with van der Waals surface area (Å²) in [5, 5.41) is 3.07. The zero-order valence-corrected chi connectivity index (χ0v) is 21.4. The number of hydrogen-bond acceptors (Lipinski definition) is 4. The second-order valence-corrected chi connectivity index (χ2v) is 8.68. The number of amides is 2. The predicted molar refractivity (Wildman–Crippen MR) is 142 cm³/mol. The molecule has 0 aliphatic rings. The number of carbonyl (C=O) groups excluding carboxylic acids is 2. The maximum atomic E-state index is 13.8. The fourth-order valence-corrected chi connectivity index (χ4v) is 4.16. The van der Waals surface area contributed by atoms with E-state index in [0.717, 1.165) is 36.0 Å². The Morgan fingerprint density at radius 1 is 0.833 bits per heavy atom. The van der Waals surface area contributed by atoms with Crippen molar-refractivity contribution in [3.63, 3.8) is 0 Å². The molecular formula is C30H36N2O4. The van der Waals surface area contributed by atoms with Gasteiger partial charge in [-0.1, -0.05) is 86.5 Å². The molecule has 1 N–H and O–H groups in total. The summed E-state index contributed by atoms with van der Waals surface area (Å²) in [5.74, 6) is 0.840. The first-order valence-corrected chi connectivity index (χ1v) is 12.4. The van der Waals surface area contributed by atoms with Crippen LogP contribution in [-0.4, -0.2) is 37.5 Å². The van der Waals surface area contributed by atoms with Gasteiger partial charge in [0, 0.05) is 13.1 Å². The summed E-state index contributed by atoms with van der Waals surface area (Å²) in [7, 11) is 3.15. The SMILES string of the molecule is CCCCCNC(=O)[C@H](c1ccccc1)N(Cc1ccccc1)C(=O)Cc1ccc(OC)c(OC)c1. The summed E-state index contributed by atoms with van der Waals surface area (Å²) in [5.41, 5.74) is 2.52. The van der Waals surface area contributed by atoms with E-state index in [1.807, 2.05) is 66.7 Å². The quantitative estimate of drug-likeness (QED) is 0.331. The van der Waals surface area contributed by atoms with E-state index >= 15 is 0 Å². The van der Waals surface area contributed by atoms with Crippen LogP contribution < -0.4 is 14.8 Å². The second kappa shape index (κ2) is 13.9. The standard InChI is InChI=1S/C30H36N2O4/c1-4-5-12-19-31-30(34)29(25-15-10-7-11-16-25)32(22-23-13-8-6-9-14-23)28(33)21-24-17-18-26(35-2)27(20-24)36-3/h6-11,13-18,20,29H,4-5,12,19,21-22H2,1-3H3,(H,31,34)/t29-/m0/s1. The molecule has 6 nitrogen and oxygen atoms in total. The topological polar surface area (TPSA) is 67.9 Å². The van der Waals surface area contributed by atoms with Crippen LogP contribution in [0.4, 0.5) is 0 Å². The monoisotopic (exact) mass is 488 g/mol. The highest BCUT2D eigenvalue weighted by Crippen LogP contribution is 2.29. The van der Waals surface area contributed by atoms with Gasteiger partial charge in [-0.3, -0.25) is 9.59 Å². The highest BCUT2D eigenvalue weighted by Gasteiger charge is 2.31. The Kier molecular flexibility index (Phi) is 10.4. The van der Waals surface area contributed by atoms with Crippen LogP contribution in [0.25, 0.3) is 0 Å². The fraction of sp³-hybridized carbons (Fsp3) is 0.333. The van der Waals surface area contributed by atoms with Crippen molar-refractivity contribution in [2.45, 2.75) is 45.2 Å². The summed E-state index contributed by atoms with van der Waals surface area (Å²) >= 11 is 0. The summed E-state index contributed by atoms with van der Waals surface area (Å²) in [6.45, 7) is 3.02. The van der Waals surface area contributed by atoms with Gasteiger partial charge in [0.1, 0.15) is 6.04 Å². The molecule has 3 aromatic carbocycles. The molecule has 36 heavy (non-hydrogen) atoms. The van der Waals surface area contributed by atoms with Gasteiger partial charge in [0.05, 0.1) is 20.6 Å². The van der Waals surface area contributed by atoms with Gasteiger partial charge in [-0.15, -0.1) is 0 Å². The number of carbonyl (C=O) groups is 2. The van der Waals surface area contributed by atoms with E-state index in [4.69, 9.17) is 9.47 Å². The van der Waals surface area contributed by atoms with Crippen molar-refractivity contribution < 1.29 is 19.1 Å². The molecular weight excluding hydrogens is 452 g/mol. The molecule has 0 saturated heterocycles. The minimum Gasteiger partial charge on any atom is -0.493 e. The normalized spacial score (nSPS) is 11.4. The molecule has 0 aliphatic heterocycles. The summed E-state index contributed by atoms with van der Waals surface area (Å²) < 4.78 is 10.8. The van der Waals surface area contributed by atoms with Crippen molar-refractivity contribution in [3.8, 4) is 11.5 Å². The van der Waals surface area contributed by atoms with Gasteiger partial charge in [0.15, 0.2) is 11.5 Å². The van der Waals surface area contributed by atoms with E-state index in [2.05, 4.69) is 12.2 Å². The molecule has 0 radical (unpaired) electrons. The molecule has 0 unspecified atom stereocenters. The van der Waals surface area contributed by atoms with E-state index in [0.29, 0.717) is 24.6 Å². The number of hydrogen-bond donors (Lipinski definition) is 1. The molecule has 0 heterocycles. The molecule has 0 aromatic heterocycles. The van der Waals surface area contributed by atoms with Gasteiger partial charge < -0.3 is 19.7 Å². The highest BCUT2D eigenvalue weighted by molar-refractivity contribution is 5.89. The summed E-state index contributed by atoms with van der Waals surface area (Å²) in [6.07, 6.45) is 3.14. The molecule has 0 spiro atoms. The smallest absolute Gasteiger partial charge is 0.247 e. The number of methoxy groups -OCH3 is 2. The third kappa shape index (κ3) is 7.35. The van der Waals surface area contributed by atoms with Crippen molar-refractivity contribution in [1.29, 1.82) is 0 Å². The number of nitrogens with one attached hydrogen (secondary N) is 1. The largest absolute Gasteiger partial charge is 0.493 e. The van der Waals surface area contributed by atoms with Crippen LogP contribution in [0.1, 0.15) is 48.9 Å². The van der Waals surface area contributed by atoms with Gasteiger partial charge in [0.25, 0.3) is 0 Å². The third-order valence-corrected chi connectivity index (χ3v) is 6.07. The average molecular weight is 489 g/mol. The Labute approximate surface area is 214 Å². The van der Waals surface area contributed by atoms with Crippen LogP contribution in [0.5, 0.6) is 11.5 Å². The third-order valence-electron chi connectivity index (χ3n) is 6.07. The molecule has 0 saturated carbocycles. The number of unbranched alkanes of at least 4 members (excludes halogenated alkanes) is 2. The molecule has 3 aromatic rings. The maximum Gasteiger partial charge on any atom is 0.247 e. The van der Waals surface area contributed by atoms with Crippen LogP contribution in [0.2, 0.25) is 0 Å². The lowest BCUT2D eigenvalue weighted by Crippen LogP contribution is -2.44. The molecule has 3 rings (SSSR count). The number of rotatable bonds is 13. The second-order valence-electron chi connectivity index (χ2n) is 8.68. The van der Waals surface area contributed by atoms with E-state index in [9.17, 15) is 9.59 Å². The van der Waals surface area contributed by atoms with Gasteiger partial charge in [-0.2, -0.15) is 0 Å². The minimum absolute atomic E-state index is 0.125. The van der Waals surface area contributed by atoms with E-state index in [-0.39, 0.29) is 18.2 Å². The lowest BCUT2D eigenvalue weighted by molar-refractivity contribution is -0.141. The summed E-state index contributed by atoms with van der Waals surface area (Å²) in [4.78, 5) is 29.1. The van der Waals surface area contributed by atoms with Crippen molar-refractivity contribution >= 4 is 11.8 Å². The lowest BCUT2D eigenvalue weighted by Gasteiger charge is -2.32. The van der Waals surface area contributed by atoms with Crippen LogP contribution >= 0.6 is 0 Å². The first-order valence-electron chi connectivity index (χ1n) is 12.4. The number of benzene rings is 3. The van der Waals surface area contributed by atoms with Crippen LogP contribution in [0, 0.1) is 0 Å². The highest BCUT2D eigenvalue weighted by atomic mass is 16.5. The van der Waals surface area contributed by atoms with Crippen molar-refractivity contribution in [2.75, 3.05) is 20.8 Å². The van der Waals surface area contributed by atoms with Crippen LogP contribution in [0.3, 0.4) is 0 Å². The van der Waals surface area contributed by atoms with Crippen molar-refractivity contribution in [1.82, 2.24) is 10.2 Å². The zero-order chi connectivity index (χ0) is 25.8. The van der Waals surface area contributed by atoms with Gasteiger partial charge >= 0.3 is 0 Å². The Balaban J connectivity index is 1.95. The Morgan fingerprint density at radius 2 is 1.50 bits per heavy atom. The molecule has 6 heteroatoms.